The first kappa shape index (κ1) is 30.1. The number of rotatable bonds is 5. The van der Waals surface area contributed by atoms with Crippen LogP contribution in [0.2, 0.25) is 0 Å². The normalized spacial score (nSPS) is 12.2. The van der Waals surface area contributed by atoms with Crippen molar-refractivity contribution in [2.45, 2.75) is 0 Å². The maximum atomic E-state index is 16.2. The molecule has 0 fully saturated rings. The third-order valence-electron chi connectivity index (χ3n) is 10.8. The average Bonchev–Trinajstić information content (AvgIpc) is 3.88. The molecular formula is C48H31N2O2P. The van der Waals surface area contributed by atoms with E-state index in [1.807, 2.05) is 60.7 Å². The van der Waals surface area contributed by atoms with Crippen LogP contribution in [0.25, 0.3) is 76.9 Å². The summed E-state index contributed by atoms with van der Waals surface area (Å²) in [6.07, 6.45) is 0. The van der Waals surface area contributed by atoms with Crippen molar-refractivity contribution in [2.75, 3.05) is 0 Å². The number of hydrogen-bond acceptors (Lipinski definition) is 2. The lowest BCUT2D eigenvalue weighted by Crippen LogP contribution is -2.25. The zero-order chi connectivity index (χ0) is 35.1. The van der Waals surface area contributed by atoms with Crippen LogP contribution in [0.3, 0.4) is 0 Å². The summed E-state index contributed by atoms with van der Waals surface area (Å²) in [5.74, 6) is 0. The molecular weight excluding hydrogens is 668 g/mol. The van der Waals surface area contributed by atoms with Crippen LogP contribution in [0.5, 0.6) is 0 Å². The molecule has 250 valence electrons. The lowest BCUT2D eigenvalue weighted by atomic mass is 10.1. The number of benzene rings is 8. The van der Waals surface area contributed by atoms with E-state index in [-0.39, 0.29) is 0 Å². The van der Waals surface area contributed by atoms with Gasteiger partial charge in [-0.1, -0.05) is 133 Å². The van der Waals surface area contributed by atoms with Crippen molar-refractivity contribution in [1.29, 1.82) is 0 Å². The Morgan fingerprint density at radius 2 is 0.792 bits per heavy atom. The minimum atomic E-state index is -3.46. The number of nitrogens with zero attached hydrogens (tertiary/aromatic N) is 2. The van der Waals surface area contributed by atoms with Gasteiger partial charge in [-0.25, -0.2) is 0 Å². The SMILES string of the molecule is O=P(c1ccccc1)(c1ccccc1)c1cc(-n2c3ccccc3c3ccccc32)cc2c1oc1ccc(-n3c4ccccc4c4ccccc43)cc12. The Labute approximate surface area is 305 Å². The standard InChI is InChI=1S/C48H31N2O2P/c51-53(34-15-3-1-4-16-34,35-17-5-2-6-18-35)47-31-33(50-44-25-13-9-21-38(44)39-22-10-14-26-45(39)50)30-41-40-29-32(27-28-46(40)52-48(41)47)49-42-23-11-7-19-36(42)37-20-8-12-24-43(37)49/h1-31H. The monoisotopic (exact) mass is 698 g/mol. The Balaban J connectivity index is 1.28. The summed E-state index contributed by atoms with van der Waals surface area (Å²) in [5.41, 5.74) is 7.82. The van der Waals surface area contributed by atoms with Gasteiger partial charge in [-0.05, 0) is 54.6 Å². The number of fused-ring (bicyclic) bond motifs is 9. The molecule has 0 N–H and O–H groups in total. The van der Waals surface area contributed by atoms with Gasteiger partial charge in [-0.3, -0.25) is 0 Å². The van der Waals surface area contributed by atoms with Gasteiger partial charge < -0.3 is 18.1 Å². The molecule has 0 saturated heterocycles. The zero-order valence-electron chi connectivity index (χ0n) is 28.6. The quantitative estimate of drug-likeness (QED) is 0.168. The number of para-hydroxylation sites is 4. The van der Waals surface area contributed by atoms with E-state index in [9.17, 15) is 0 Å². The van der Waals surface area contributed by atoms with Crippen LogP contribution < -0.4 is 15.9 Å². The summed E-state index contributed by atoms with van der Waals surface area (Å²) in [6.45, 7) is 0. The third kappa shape index (κ3) is 4.34. The first-order chi connectivity index (χ1) is 26.2. The summed E-state index contributed by atoms with van der Waals surface area (Å²) in [4.78, 5) is 0. The van der Waals surface area contributed by atoms with Crippen molar-refractivity contribution in [1.82, 2.24) is 9.13 Å². The van der Waals surface area contributed by atoms with Gasteiger partial charge in [0, 0.05) is 54.3 Å². The Morgan fingerprint density at radius 3 is 1.28 bits per heavy atom. The molecule has 0 aliphatic rings. The second kappa shape index (κ2) is 11.4. The van der Waals surface area contributed by atoms with Crippen molar-refractivity contribution in [2.24, 2.45) is 0 Å². The molecule has 0 bridgehead atoms. The van der Waals surface area contributed by atoms with Gasteiger partial charge in [-0.15, -0.1) is 0 Å². The Bertz CT molecular complexity index is 3110. The smallest absolute Gasteiger partial charge is 0.174 e. The van der Waals surface area contributed by atoms with Crippen molar-refractivity contribution < 1.29 is 8.98 Å². The van der Waals surface area contributed by atoms with Gasteiger partial charge >= 0.3 is 0 Å². The number of aromatic nitrogens is 2. The molecule has 0 unspecified atom stereocenters. The van der Waals surface area contributed by atoms with E-state index in [4.69, 9.17) is 4.42 Å². The molecule has 0 saturated carbocycles. The van der Waals surface area contributed by atoms with Gasteiger partial charge in [0.1, 0.15) is 11.2 Å². The molecule has 11 rings (SSSR count). The van der Waals surface area contributed by atoms with Crippen molar-refractivity contribution in [3.05, 3.63) is 188 Å². The summed E-state index contributed by atoms with van der Waals surface area (Å²) in [5, 5.41) is 8.86. The van der Waals surface area contributed by atoms with E-state index < -0.39 is 7.14 Å². The Morgan fingerprint density at radius 1 is 0.377 bits per heavy atom. The highest BCUT2D eigenvalue weighted by Crippen LogP contribution is 2.47. The molecule has 8 aromatic carbocycles. The minimum absolute atomic E-state index is 0.639. The first-order valence-corrected chi connectivity index (χ1v) is 19.6. The van der Waals surface area contributed by atoms with Crippen LogP contribution >= 0.6 is 7.14 Å². The molecule has 0 atom stereocenters. The second-order valence-electron chi connectivity index (χ2n) is 13.6. The van der Waals surface area contributed by atoms with Crippen LogP contribution in [0.4, 0.5) is 0 Å². The van der Waals surface area contributed by atoms with Crippen molar-refractivity contribution in [3.63, 3.8) is 0 Å². The van der Waals surface area contributed by atoms with Crippen molar-refractivity contribution in [3.8, 4) is 11.4 Å². The summed E-state index contributed by atoms with van der Waals surface area (Å²) >= 11 is 0. The van der Waals surface area contributed by atoms with Gasteiger partial charge in [0.2, 0.25) is 0 Å². The molecule has 3 aromatic heterocycles. The molecule has 11 aromatic rings. The largest absolute Gasteiger partial charge is 0.455 e. The Kier molecular flexibility index (Phi) is 6.49. The first-order valence-electron chi connectivity index (χ1n) is 17.9. The van der Waals surface area contributed by atoms with Crippen LogP contribution in [0, 0.1) is 0 Å². The van der Waals surface area contributed by atoms with Crippen molar-refractivity contribution >= 4 is 88.6 Å². The predicted octanol–water partition coefficient (Wildman–Crippen LogP) is 11.4. The third-order valence-corrected chi connectivity index (χ3v) is 13.8. The summed E-state index contributed by atoms with van der Waals surface area (Å²) < 4.78 is 27.7. The van der Waals surface area contributed by atoms with Crippen LogP contribution in [-0.2, 0) is 4.57 Å². The Hall–Kier alpha value is -6.61. The van der Waals surface area contributed by atoms with Crippen LogP contribution in [-0.4, -0.2) is 9.13 Å². The van der Waals surface area contributed by atoms with E-state index in [0.717, 1.165) is 60.4 Å². The molecule has 53 heavy (non-hydrogen) atoms. The molecule has 4 nitrogen and oxygen atoms in total. The second-order valence-corrected chi connectivity index (χ2v) is 16.4. The highest BCUT2D eigenvalue weighted by molar-refractivity contribution is 7.85. The average molecular weight is 699 g/mol. The fourth-order valence-electron chi connectivity index (χ4n) is 8.44. The molecule has 0 radical (unpaired) electrons. The van der Waals surface area contributed by atoms with E-state index in [2.05, 4.69) is 137 Å². The van der Waals surface area contributed by atoms with E-state index in [1.165, 1.54) is 21.5 Å². The molecule has 0 aliphatic heterocycles. The summed E-state index contributed by atoms with van der Waals surface area (Å²) in [7, 11) is -3.46. The minimum Gasteiger partial charge on any atom is -0.455 e. The van der Waals surface area contributed by atoms with Crippen LogP contribution in [0.15, 0.2) is 192 Å². The molecule has 0 aliphatic carbocycles. The highest BCUT2D eigenvalue weighted by Gasteiger charge is 2.34. The zero-order valence-corrected chi connectivity index (χ0v) is 29.5. The van der Waals surface area contributed by atoms with Gasteiger partial charge in [0.25, 0.3) is 0 Å². The predicted molar refractivity (Wildman–Crippen MR) is 222 cm³/mol. The maximum Gasteiger partial charge on any atom is 0.174 e. The highest BCUT2D eigenvalue weighted by atomic mass is 31.2. The van der Waals surface area contributed by atoms with E-state index >= 15 is 4.57 Å². The van der Waals surface area contributed by atoms with E-state index in [0.29, 0.717) is 10.9 Å². The lowest BCUT2D eigenvalue weighted by Gasteiger charge is -2.21. The van der Waals surface area contributed by atoms with Gasteiger partial charge in [0.15, 0.2) is 7.14 Å². The maximum absolute atomic E-state index is 16.2. The summed E-state index contributed by atoms with van der Waals surface area (Å²) in [6, 6.07) is 64.7. The van der Waals surface area contributed by atoms with Crippen LogP contribution in [0.1, 0.15) is 0 Å². The molecule has 0 spiro atoms. The fraction of sp³-hybridized carbons (Fsp3) is 0. The molecule has 0 amide bonds. The topological polar surface area (TPSA) is 40.1 Å². The van der Waals surface area contributed by atoms with Gasteiger partial charge in [0.05, 0.1) is 27.4 Å². The number of hydrogen-bond donors (Lipinski definition) is 0. The molecule has 5 heteroatoms. The lowest BCUT2D eigenvalue weighted by molar-refractivity contribution is 0.592. The fourth-order valence-corrected chi connectivity index (χ4v) is 11.2. The number of furan rings is 1. The van der Waals surface area contributed by atoms with Gasteiger partial charge in [-0.2, -0.15) is 0 Å². The molecule has 3 heterocycles. The van der Waals surface area contributed by atoms with E-state index in [1.54, 1.807) is 0 Å².